The van der Waals surface area contributed by atoms with Gasteiger partial charge in [0, 0.05) is 6.92 Å². The first-order valence-electron chi connectivity index (χ1n) is 5.61. The molecule has 2 aromatic rings. The number of methoxy groups -OCH3 is 1. The van der Waals surface area contributed by atoms with Gasteiger partial charge in [0.15, 0.2) is 5.82 Å². The average molecular weight is 262 g/mol. The Labute approximate surface area is 109 Å². The van der Waals surface area contributed by atoms with Crippen LogP contribution in [0.1, 0.15) is 22.1 Å². The van der Waals surface area contributed by atoms with Gasteiger partial charge in [-0.1, -0.05) is 11.2 Å². The Morgan fingerprint density at radius 1 is 1.53 bits per heavy atom. The van der Waals surface area contributed by atoms with E-state index in [0.717, 1.165) is 0 Å². The number of hydrogen-bond acceptors (Lipinski definition) is 7. The Morgan fingerprint density at radius 2 is 2.32 bits per heavy atom. The number of nitrogen functional groups attached to an aromatic ring is 1. The number of nitrogens with two attached hydrogens (primary N) is 1. The van der Waals surface area contributed by atoms with Crippen molar-refractivity contribution in [1.82, 2.24) is 10.1 Å². The molecule has 0 aliphatic rings. The third-order valence-electron chi connectivity index (χ3n) is 2.49. The van der Waals surface area contributed by atoms with E-state index in [0.29, 0.717) is 35.2 Å². The van der Waals surface area contributed by atoms with Crippen molar-refractivity contribution >= 4 is 17.3 Å². The summed E-state index contributed by atoms with van der Waals surface area (Å²) >= 11 is 0. The zero-order valence-electron chi connectivity index (χ0n) is 10.6. The van der Waals surface area contributed by atoms with E-state index in [9.17, 15) is 4.79 Å². The normalized spacial score (nSPS) is 10.2. The molecule has 2 rings (SSSR count). The smallest absolute Gasteiger partial charge is 0.340 e. The maximum Gasteiger partial charge on any atom is 0.340 e. The molecular formula is C12H14N4O3. The maximum atomic E-state index is 11.6. The maximum absolute atomic E-state index is 11.6. The molecule has 100 valence electrons. The highest BCUT2D eigenvalue weighted by molar-refractivity contribution is 5.98. The number of carbonyl (C=O) groups is 1. The summed E-state index contributed by atoms with van der Waals surface area (Å²) in [6.07, 6.45) is 0. The van der Waals surface area contributed by atoms with Crippen LogP contribution < -0.4 is 11.1 Å². The fourth-order valence-electron chi connectivity index (χ4n) is 1.63. The molecule has 0 bridgehead atoms. The number of para-hydroxylation sites is 1. The fraction of sp³-hybridized carbons (Fsp3) is 0.250. The first-order chi connectivity index (χ1) is 9.11. The predicted molar refractivity (Wildman–Crippen MR) is 68.6 cm³/mol. The van der Waals surface area contributed by atoms with Gasteiger partial charge in [0.1, 0.15) is 0 Å². The summed E-state index contributed by atoms with van der Waals surface area (Å²) in [6, 6.07) is 5.01. The zero-order chi connectivity index (χ0) is 13.8. The highest BCUT2D eigenvalue weighted by atomic mass is 16.5. The van der Waals surface area contributed by atoms with Crippen molar-refractivity contribution < 1.29 is 14.1 Å². The van der Waals surface area contributed by atoms with E-state index in [2.05, 4.69) is 15.5 Å². The van der Waals surface area contributed by atoms with Crippen molar-refractivity contribution in [2.24, 2.45) is 0 Å². The van der Waals surface area contributed by atoms with Gasteiger partial charge in [-0.2, -0.15) is 4.98 Å². The van der Waals surface area contributed by atoms with Crippen LogP contribution in [0.25, 0.3) is 0 Å². The van der Waals surface area contributed by atoms with Crippen LogP contribution in [0.3, 0.4) is 0 Å². The van der Waals surface area contributed by atoms with Gasteiger partial charge >= 0.3 is 5.97 Å². The monoisotopic (exact) mass is 262 g/mol. The fourth-order valence-corrected chi connectivity index (χ4v) is 1.63. The molecule has 0 atom stereocenters. The molecule has 0 amide bonds. The summed E-state index contributed by atoms with van der Waals surface area (Å²) in [7, 11) is 1.32. The van der Waals surface area contributed by atoms with Crippen LogP contribution in [-0.4, -0.2) is 23.2 Å². The largest absolute Gasteiger partial charge is 0.465 e. The molecule has 7 nitrogen and oxygen atoms in total. The van der Waals surface area contributed by atoms with Crippen molar-refractivity contribution in [2.75, 3.05) is 18.2 Å². The van der Waals surface area contributed by atoms with E-state index in [1.54, 1.807) is 25.1 Å². The number of carbonyl (C=O) groups excluding carboxylic acids is 1. The van der Waals surface area contributed by atoms with Crippen LogP contribution in [0.2, 0.25) is 0 Å². The summed E-state index contributed by atoms with van der Waals surface area (Å²) in [6.45, 7) is 2.00. The second-order valence-corrected chi connectivity index (χ2v) is 3.84. The summed E-state index contributed by atoms with van der Waals surface area (Å²) < 4.78 is 9.56. The molecule has 0 saturated heterocycles. The van der Waals surface area contributed by atoms with Gasteiger partial charge in [-0.05, 0) is 12.1 Å². The molecule has 1 heterocycles. The molecule has 7 heteroatoms. The minimum Gasteiger partial charge on any atom is -0.465 e. The van der Waals surface area contributed by atoms with Crippen molar-refractivity contribution in [1.29, 1.82) is 0 Å². The Kier molecular flexibility index (Phi) is 3.65. The second-order valence-electron chi connectivity index (χ2n) is 3.84. The van der Waals surface area contributed by atoms with Crippen LogP contribution >= 0.6 is 0 Å². The van der Waals surface area contributed by atoms with Gasteiger partial charge in [0.25, 0.3) is 0 Å². The van der Waals surface area contributed by atoms with Crippen molar-refractivity contribution in [3.63, 3.8) is 0 Å². The number of rotatable bonds is 4. The number of aromatic nitrogens is 2. The van der Waals surface area contributed by atoms with Crippen molar-refractivity contribution in [3.05, 3.63) is 35.5 Å². The molecule has 1 aromatic heterocycles. The third-order valence-corrected chi connectivity index (χ3v) is 2.49. The number of nitrogens with zero attached hydrogens (tertiary/aromatic N) is 2. The molecule has 0 saturated carbocycles. The van der Waals surface area contributed by atoms with Gasteiger partial charge < -0.3 is 20.3 Å². The summed E-state index contributed by atoms with van der Waals surface area (Å²) in [5.41, 5.74) is 7.16. The molecule has 0 aliphatic heterocycles. The van der Waals surface area contributed by atoms with Crippen LogP contribution in [0.5, 0.6) is 0 Å². The van der Waals surface area contributed by atoms with Crippen LogP contribution in [0.15, 0.2) is 22.7 Å². The summed E-state index contributed by atoms with van der Waals surface area (Å²) in [5.74, 6) is 0.502. The zero-order valence-corrected chi connectivity index (χ0v) is 10.6. The SMILES string of the molecule is COC(=O)c1cccc(N)c1NCc1noc(C)n1. The number of benzene rings is 1. The Hall–Kier alpha value is -2.57. The van der Waals surface area contributed by atoms with Gasteiger partial charge in [0.05, 0.1) is 30.6 Å². The molecule has 0 spiro atoms. The van der Waals surface area contributed by atoms with Gasteiger partial charge in [-0.15, -0.1) is 0 Å². The quantitative estimate of drug-likeness (QED) is 0.633. The highest BCUT2D eigenvalue weighted by Crippen LogP contribution is 2.24. The summed E-state index contributed by atoms with van der Waals surface area (Å²) in [5, 5.41) is 6.77. The number of aryl methyl sites for hydroxylation is 1. The molecule has 19 heavy (non-hydrogen) atoms. The molecule has 3 N–H and O–H groups in total. The van der Waals surface area contributed by atoms with Crippen molar-refractivity contribution in [2.45, 2.75) is 13.5 Å². The van der Waals surface area contributed by atoms with E-state index in [1.165, 1.54) is 7.11 Å². The molecule has 1 aromatic carbocycles. The molecular weight excluding hydrogens is 248 g/mol. The lowest BCUT2D eigenvalue weighted by Crippen LogP contribution is -2.11. The predicted octanol–water partition coefficient (Wildman–Crippen LogP) is 1.36. The topological polar surface area (TPSA) is 103 Å². The van der Waals surface area contributed by atoms with Crippen LogP contribution in [0.4, 0.5) is 11.4 Å². The van der Waals surface area contributed by atoms with Crippen LogP contribution in [0, 0.1) is 6.92 Å². The molecule has 0 radical (unpaired) electrons. The van der Waals surface area contributed by atoms with E-state index in [1.807, 2.05) is 0 Å². The number of hydrogen-bond donors (Lipinski definition) is 2. The Bertz CT molecular complexity index is 594. The lowest BCUT2D eigenvalue weighted by atomic mass is 10.1. The lowest BCUT2D eigenvalue weighted by Gasteiger charge is -2.11. The summed E-state index contributed by atoms with van der Waals surface area (Å²) in [4.78, 5) is 15.7. The third kappa shape index (κ3) is 2.82. The van der Waals surface area contributed by atoms with Gasteiger partial charge in [-0.3, -0.25) is 0 Å². The Morgan fingerprint density at radius 3 is 2.95 bits per heavy atom. The Balaban J connectivity index is 2.21. The number of nitrogens with one attached hydrogen (secondary N) is 1. The average Bonchev–Trinajstić information content (AvgIpc) is 2.82. The van der Waals surface area contributed by atoms with E-state index >= 15 is 0 Å². The first-order valence-corrected chi connectivity index (χ1v) is 5.61. The van der Waals surface area contributed by atoms with E-state index in [-0.39, 0.29) is 0 Å². The minimum absolute atomic E-state index is 0.301. The standard InChI is InChI=1S/C12H14N4O3/c1-7-15-10(16-19-7)6-14-11-8(12(17)18-2)4-3-5-9(11)13/h3-5,14H,6,13H2,1-2H3. The first kappa shape index (κ1) is 12.9. The van der Waals surface area contributed by atoms with Gasteiger partial charge in [-0.25, -0.2) is 4.79 Å². The van der Waals surface area contributed by atoms with Gasteiger partial charge in [0.2, 0.25) is 5.89 Å². The second kappa shape index (κ2) is 5.38. The van der Waals surface area contributed by atoms with Crippen molar-refractivity contribution in [3.8, 4) is 0 Å². The number of ether oxygens (including phenoxy) is 1. The lowest BCUT2D eigenvalue weighted by molar-refractivity contribution is 0.0602. The molecule has 0 aliphatic carbocycles. The molecule has 0 unspecified atom stereocenters. The minimum atomic E-state index is -0.459. The van der Waals surface area contributed by atoms with E-state index < -0.39 is 5.97 Å². The highest BCUT2D eigenvalue weighted by Gasteiger charge is 2.14. The number of esters is 1. The number of anilines is 2. The van der Waals surface area contributed by atoms with Crippen LogP contribution in [-0.2, 0) is 11.3 Å². The molecule has 0 fully saturated rings. The van der Waals surface area contributed by atoms with E-state index in [4.69, 9.17) is 15.0 Å².